The maximum Gasteiger partial charge on any atom is 0.260 e. The number of aryl methyl sites for hydroxylation is 2. The van der Waals surface area contributed by atoms with Gasteiger partial charge in [0.1, 0.15) is 0 Å². The molecule has 5 rings (SSSR count). The molecule has 0 aliphatic carbocycles. The number of carbonyl (C=O) groups excluding carboxylic acids is 1. The number of thiazole rings is 1. The van der Waals surface area contributed by atoms with Crippen LogP contribution in [0.4, 0.5) is 5.13 Å². The summed E-state index contributed by atoms with van der Waals surface area (Å²) in [7, 11) is -3.59. The zero-order valence-corrected chi connectivity index (χ0v) is 22.7. The Bertz CT molecular complexity index is 1320. The molecule has 0 bridgehead atoms. The summed E-state index contributed by atoms with van der Waals surface area (Å²) in [6, 6.07) is 10.5. The van der Waals surface area contributed by atoms with Crippen molar-refractivity contribution in [2.45, 2.75) is 69.9 Å². The first kappa shape index (κ1) is 25.3. The molecule has 2 saturated heterocycles. The molecular weight excluding hydrogens is 494 g/mol. The number of piperidine rings is 1. The molecule has 7 nitrogen and oxygen atoms in total. The summed E-state index contributed by atoms with van der Waals surface area (Å²) in [6.07, 6.45) is 4.63. The van der Waals surface area contributed by atoms with Crippen LogP contribution in [-0.2, 0) is 14.8 Å². The van der Waals surface area contributed by atoms with E-state index in [2.05, 4.69) is 26.0 Å². The van der Waals surface area contributed by atoms with Crippen LogP contribution in [0.25, 0.3) is 10.2 Å². The van der Waals surface area contributed by atoms with Gasteiger partial charge in [0.2, 0.25) is 10.0 Å². The Morgan fingerprint density at radius 1 is 1.11 bits per heavy atom. The van der Waals surface area contributed by atoms with E-state index in [9.17, 15) is 13.2 Å². The molecule has 192 valence electrons. The summed E-state index contributed by atoms with van der Waals surface area (Å²) >= 11 is 1.50. The van der Waals surface area contributed by atoms with Crippen LogP contribution in [-0.4, -0.2) is 55.5 Å². The van der Waals surface area contributed by atoms with E-state index in [1.807, 2.05) is 6.92 Å². The number of anilines is 1. The lowest BCUT2D eigenvalue weighted by Gasteiger charge is -2.32. The molecule has 1 amide bonds. The Kier molecular flexibility index (Phi) is 7.18. The van der Waals surface area contributed by atoms with Crippen molar-refractivity contribution in [2.75, 3.05) is 24.6 Å². The maximum absolute atomic E-state index is 13.7. The van der Waals surface area contributed by atoms with E-state index in [4.69, 9.17) is 9.72 Å². The van der Waals surface area contributed by atoms with Crippen molar-refractivity contribution in [3.8, 4) is 0 Å². The third-order valence-corrected chi connectivity index (χ3v) is 10.4. The lowest BCUT2D eigenvalue weighted by Crippen LogP contribution is -2.42. The van der Waals surface area contributed by atoms with Gasteiger partial charge in [-0.2, -0.15) is 4.31 Å². The Hall–Kier alpha value is -2.33. The highest BCUT2D eigenvalue weighted by atomic mass is 32.2. The summed E-state index contributed by atoms with van der Waals surface area (Å²) in [4.78, 5) is 20.5. The molecule has 9 heteroatoms. The smallest absolute Gasteiger partial charge is 0.260 e. The van der Waals surface area contributed by atoms with Crippen molar-refractivity contribution < 1.29 is 17.9 Å². The summed E-state index contributed by atoms with van der Waals surface area (Å²) < 4.78 is 34.9. The topological polar surface area (TPSA) is 79.8 Å². The van der Waals surface area contributed by atoms with Crippen molar-refractivity contribution in [1.29, 1.82) is 0 Å². The van der Waals surface area contributed by atoms with Crippen LogP contribution in [0.2, 0.25) is 0 Å². The fraction of sp³-hybridized carbons (Fsp3) is 0.481. The first-order valence-corrected chi connectivity index (χ1v) is 14.9. The van der Waals surface area contributed by atoms with Crippen LogP contribution in [0.3, 0.4) is 0 Å². The predicted molar refractivity (Wildman–Crippen MR) is 143 cm³/mol. The molecular formula is C27H33N3O4S2. The highest BCUT2D eigenvalue weighted by Crippen LogP contribution is 2.33. The van der Waals surface area contributed by atoms with Gasteiger partial charge in [0.05, 0.1) is 27.8 Å². The molecule has 2 aliphatic rings. The normalized spacial score (nSPS) is 21.2. The lowest BCUT2D eigenvalue weighted by molar-refractivity contribution is 0.0917. The molecule has 36 heavy (non-hydrogen) atoms. The first-order valence-electron chi connectivity index (χ1n) is 12.7. The molecule has 3 aromatic rings. The minimum Gasteiger partial charge on any atom is -0.376 e. The third kappa shape index (κ3) is 4.94. The van der Waals surface area contributed by atoms with Gasteiger partial charge in [-0.15, -0.1) is 0 Å². The number of hydrogen-bond donors (Lipinski definition) is 0. The van der Waals surface area contributed by atoms with E-state index >= 15 is 0 Å². The quantitative estimate of drug-likeness (QED) is 0.435. The van der Waals surface area contributed by atoms with Crippen LogP contribution in [0.15, 0.2) is 41.3 Å². The van der Waals surface area contributed by atoms with Gasteiger partial charge in [0.15, 0.2) is 5.13 Å². The van der Waals surface area contributed by atoms with Gasteiger partial charge >= 0.3 is 0 Å². The van der Waals surface area contributed by atoms with E-state index in [0.29, 0.717) is 30.4 Å². The van der Waals surface area contributed by atoms with E-state index in [0.717, 1.165) is 47.9 Å². The zero-order chi connectivity index (χ0) is 25.4. The standard InChI is InChI=1S/C27H33N3O4S2/c1-18-15-24-25(16-19(18)2)35-27(28-24)29(17-22-8-6-14-34-22)26(31)21-9-11-23(12-10-21)36(32,33)30-13-5-4-7-20(30)3/h9-12,15-16,20,22H,4-8,13-14,17H2,1-3H3. The van der Waals surface area contributed by atoms with Gasteiger partial charge in [-0.05, 0) is 94.0 Å². The molecule has 2 fully saturated rings. The molecule has 0 spiro atoms. The predicted octanol–water partition coefficient (Wildman–Crippen LogP) is 5.30. The first-order chi connectivity index (χ1) is 17.2. The molecule has 3 heterocycles. The van der Waals surface area contributed by atoms with E-state index < -0.39 is 10.0 Å². The van der Waals surface area contributed by atoms with Gasteiger partial charge in [-0.3, -0.25) is 9.69 Å². The number of amides is 1. The summed E-state index contributed by atoms with van der Waals surface area (Å²) in [5.74, 6) is -0.201. The average Bonchev–Trinajstić information content (AvgIpc) is 3.52. The van der Waals surface area contributed by atoms with Crippen LogP contribution >= 0.6 is 11.3 Å². The Morgan fingerprint density at radius 2 is 1.86 bits per heavy atom. The van der Waals surface area contributed by atoms with Crippen LogP contribution < -0.4 is 4.90 Å². The second kappa shape index (κ2) is 10.2. The third-order valence-electron chi connectivity index (χ3n) is 7.33. The van der Waals surface area contributed by atoms with Gasteiger partial charge in [0, 0.05) is 24.8 Å². The Morgan fingerprint density at radius 3 is 2.56 bits per heavy atom. The molecule has 0 radical (unpaired) electrons. The van der Waals surface area contributed by atoms with Crippen molar-refractivity contribution in [3.05, 3.63) is 53.1 Å². The monoisotopic (exact) mass is 527 g/mol. The van der Waals surface area contributed by atoms with Crippen LogP contribution in [0.5, 0.6) is 0 Å². The minimum atomic E-state index is -3.59. The van der Waals surface area contributed by atoms with Crippen LogP contribution in [0.1, 0.15) is 60.5 Å². The number of benzene rings is 2. The number of fused-ring (bicyclic) bond motifs is 1. The highest BCUT2D eigenvalue weighted by Gasteiger charge is 2.32. The Balaban J connectivity index is 1.44. The fourth-order valence-electron chi connectivity index (χ4n) is 5.01. The maximum atomic E-state index is 13.7. The van der Waals surface area contributed by atoms with Crippen molar-refractivity contribution in [2.24, 2.45) is 0 Å². The molecule has 2 unspecified atom stereocenters. The second-order valence-corrected chi connectivity index (χ2v) is 12.8. The van der Waals surface area contributed by atoms with Crippen molar-refractivity contribution in [3.63, 3.8) is 0 Å². The fourth-order valence-corrected chi connectivity index (χ4v) is 7.77. The molecule has 0 saturated carbocycles. The largest absolute Gasteiger partial charge is 0.376 e. The van der Waals surface area contributed by atoms with Crippen molar-refractivity contribution in [1.82, 2.24) is 9.29 Å². The number of hydrogen-bond acceptors (Lipinski definition) is 6. The zero-order valence-electron chi connectivity index (χ0n) is 21.1. The molecule has 2 atom stereocenters. The molecule has 0 N–H and O–H groups in total. The van der Waals surface area contributed by atoms with Gasteiger partial charge in [0.25, 0.3) is 5.91 Å². The van der Waals surface area contributed by atoms with Gasteiger partial charge < -0.3 is 4.74 Å². The van der Waals surface area contributed by atoms with E-state index in [1.165, 1.54) is 16.9 Å². The molecule has 2 aliphatic heterocycles. The summed E-state index contributed by atoms with van der Waals surface area (Å²) in [6.45, 7) is 7.75. The average molecular weight is 528 g/mol. The highest BCUT2D eigenvalue weighted by molar-refractivity contribution is 7.89. The number of carbonyl (C=O) groups is 1. The lowest BCUT2D eigenvalue weighted by atomic mass is 10.1. The number of rotatable bonds is 6. The van der Waals surface area contributed by atoms with Gasteiger partial charge in [-0.25, -0.2) is 13.4 Å². The number of ether oxygens (including phenoxy) is 1. The Labute approximate surface area is 217 Å². The SMILES string of the molecule is Cc1cc2nc(N(CC3CCCO3)C(=O)c3ccc(S(=O)(=O)N4CCCCC4C)cc3)sc2cc1C. The van der Waals surface area contributed by atoms with Crippen LogP contribution in [0, 0.1) is 13.8 Å². The number of aromatic nitrogens is 1. The van der Waals surface area contributed by atoms with E-state index in [1.54, 1.807) is 33.5 Å². The summed E-state index contributed by atoms with van der Waals surface area (Å²) in [5.41, 5.74) is 3.66. The minimum absolute atomic E-state index is 0.0155. The molecule has 2 aromatic carbocycles. The number of sulfonamides is 1. The van der Waals surface area contributed by atoms with Crippen molar-refractivity contribution >= 4 is 42.6 Å². The van der Waals surface area contributed by atoms with E-state index in [-0.39, 0.29) is 22.9 Å². The molecule has 1 aromatic heterocycles. The van der Waals surface area contributed by atoms with Gasteiger partial charge in [-0.1, -0.05) is 17.8 Å². The number of nitrogens with zero attached hydrogens (tertiary/aromatic N) is 3. The second-order valence-electron chi connectivity index (χ2n) is 9.94. The summed E-state index contributed by atoms with van der Waals surface area (Å²) in [5, 5.41) is 0.634.